The molecule has 1 aliphatic rings. The third-order valence-corrected chi connectivity index (χ3v) is 3.46. The number of primary amides is 1. The van der Waals surface area contributed by atoms with E-state index in [1.165, 1.54) is 12.8 Å². The molecular formula is C13H21N5O. The summed E-state index contributed by atoms with van der Waals surface area (Å²) >= 11 is 0. The SMILES string of the molecule is Cc1cc(N)nc(CN(CC(N)=O)C2CCCC2)n1. The molecule has 0 aliphatic heterocycles. The minimum Gasteiger partial charge on any atom is -0.384 e. The first-order valence-corrected chi connectivity index (χ1v) is 6.67. The summed E-state index contributed by atoms with van der Waals surface area (Å²) in [6.07, 6.45) is 4.62. The molecule has 1 fully saturated rings. The monoisotopic (exact) mass is 263 g/mol. The highest BCUT2D eigenvalue weighted by atomic mass is 16.1. The van der Waals surface area contributed by atoms with Crippen molar-refractivity contribution in [1.82, 2.24) is 14.9 Å². The molecule has 1 amide bonds. The molecule has 1 aliphatic carbocycles. The third-order valence-electron chi connectivity index (χ3n) is 3.46. The van der Waals surface area contributed by atoms with Crippen molar-refractivity contribution >= 4 is 11.7 Å². The van der Waals surface area contributed by atoms with Crippen LogP contribution in [0.4, 0.5) is 5.82 Å². The molecule has 1 saturated carbocycles. The normalized spacial score (nSPS) is 16.1. The molecule has 1 aromatic rings. The van der Waals surface area contributed by atoms with Crippen LogP contribution >= 0.6 is 0 Å². The predicted octanol–water partition coefficient (Wildman–Crippen LogP) is 0.597. The van der Waals surface area contributed by atoms with Gasteiger partial charge in [0.1, 0.15) is 11.6 Å². The van der Waals surface area contributed by atoms with Crippen molar-refractivity contribution < 1.29 is 4.79 Å². The van der Waals surface area contributed by atoms with Gasteiger partial charge in [0.15, 0.2) is 0 Å². The Morgan fingerprint density at radius 2 is 2.11 bits per heavy atom. The van der Waals surface area contributed by atoms with Gasteiger partial charge in [-0.05, 0) is 19.8 Å². The minimum atomic E-state index is -0.312. The van der Waals surface area contributed by atoms with Crippen LogP contribution in [-0.4, -0.2) is 33.4 Å². The standard InChI is InChI=1S/C13H21N5O/c1-9-6-11(14)17-13(16-9)8-18(7-12(15)19)10-4-2-3-5-10/h6,10H,2-5,7-8H2,1H3,(H2,15,19)(H2,14,16,17). The van der Waals surface area contributed by atoms with Crippen molar-refractivity contribution in [2.24, 2.45) is 5.73 Å². The van der Waals surface area contributed by atoms with Crippen molar-refractivity contribution in [3.05, 3.63) is 17.6 Å². The number of hydrogen-bond donors (Lipinski definition) is 2. The van der Waals surface area contributed by atoms with Gasteiger partial charge in [0.2, 0.25) is 5.91 Å². The molecule has 0 saturated heterocycles. The first-order valence-electron chi connectivity index (χ1n) is 6.67. The number of anilines is 1. The van der Waals surface area contributed by atoms with Gasteiger partial charge in [0.05, 0.1) is 13.1 Å². The van der Waals surface area contributed by atoms with Gasteiger partial charge in [-0.25, -0.2) is 9.97 Å². The van der Waals surface area contributed by atoms with Gasteiger partial charge in [0.25, 0.3) is 0 Å². The van der Waals surface area contributed by atoms with E-state index < -0.39 is 0 Å². The molecule has 6 heteroatoms. The summed E-state index contributed by atoms with van der Waals surface area (Å²) in [7, 11) is 0. The minimum absolute atomic E-state index is 0.252. The molecule has 19 heavy (non-hydrogen) atoms. The van der Waals surface area contributed by atoms with Gasteiger partial charge < -0.3 is 11.5 Å². The molecule has 0 bridgehead atoms. The van der Waals surface area contributed by atoms with Gasteiger partial charge in [-0.3, -0.25) is 9.69 Å². The maximum atomic E-state index is 11.2. The summed E-state index contributed by atoms with van der Waals surface area (Å²) in [4.78, 5) is 21.9. The molecule has 0 spiro atoms. The van der Waals surface area contributed by atoms with E-state index in [2.05, 4.69) is 14.9 Å². The highest BCUT2D eigenvalue weighted by molar-refractivity contribution is 5.75. The number of amides is 1. The van der Waals surface area contributed by atoms with E-state index in [4.69, 9.17) is 11.5 Å². The average molecular weight is 263 g/mol. The Bertz CT molecular complexity index is 436. The van der Waals surface area contributed by atoms with Crippen LogP contribution in [0.1, 0.15) is 37.2 Å². The van der Waals surface area contributed by atoms with Gasteiger partial charge in [-0.15, -0.1) is 0 Å². The second kappa shape index (κ2) is 5.97. The van der Waals surface area contributed by atoms with E-state index in [1.807, 2.05) is 6.92 Å². The van der Waals surface area contributed by atoms with Crippen LogP contribution in [0.5, 0.6) is 0 Å². The second-order valence-corrected chi connectivity index (χ2v) is 5.16. The Hall–Kier alpha value is -1.69. The maximum Gasteiger partial charge on any atom is 0.231 e. The maximum absolute atomic E-state index is 11.2. The lowest BCUT2D eigenvalue weighted by Gasteiger charge is -2.26. The lowest BCUT2D eigenvalue weighted by atomic mass is 10.2. The van der Waals surface area contributed by atoms with Crippen molar-refractivity contribution in [3.63, 3.8) is 0 Å². The molecule has 1 aromatic heterocycles. The molecule has 0 atom stereocenters. The summed E-state index contributed by atoms with van der Waals surface area (Å²) in [6.45, 7) is 2.66. The molecule has 1 heterocycles. The first kappa shape index (κ1) is 13.7. The molecule has 2 rings (SSSR count). The highest BCUT2D eigenvalue weighted by Crippen LogP contribution is 2.24. The van der Waals surface area contributed by atoms with Crippen LogP contribution in [0, 0.1) is 6.92 Å². The Kier molecular flexibility index (Phi) is 4.31. The number of aryl methyl sites for hydroxylation is 1. The summed E-state index contributed by atoms with van der Waals surface area (Å²) in [5, 5.41) is 0. The van der Waals surface area contributed by atoms with Gasteiger partial charge >= 0.3 is 0 Å². The molecule has 104 valence electrons. The van der Waals surface area contributed by atoms with Crippen molar-refractivity contribution in [3.8, 4) is 0 Å². The number of aromatic nitrogens is 2. The largest absolute Gasteiger partial charge is 0.384 e. The predicted molar refractivity (Wildman–Crippen MR) is 73.0 cm³/mol. The summed E-state index contributed by atoms with van der Waals surface area (Å²) in [6, 6.07) is 2.13. The molecule has 0 radical (unpaired) electrons. The van der Waals surface area contributed by atoms with Crippen LogP contribution in [0.25, 0.3) is 0 Å². The average Bonchev–Trinajstić information content (AvgIpc) is 2.79. The lowest BCUT2D eigenvalue weighted by molar-refractivity contribution is -0.119. The van der Waals surface area contributed by atoms with Gasteiger partial charge in [0, 0.05) is 17.8 Å². The van der Waals surface area contributed by atoms with E-state index >= 15 is 0 Å². The smallest absolute Gasteiger partial charge is 0.231 e. The topological polar surface area (TPSA) is 98.1 Å². The highest BCUT2D eigenvalue weighted by Gasteiger charge is 2.24. The van der Waals surface area contributed by atoms with Crippen LogP contribution in [0.3, 0.4) is 0 Å². The van der Waals surface area contributed by atoms with Crippen LogP contribution < -0.4 is 11.5 Å². The number of nitrogen functional groups attached to an aromatic ring is 1. The van der Waals surface area contributed by atoms with Crippen LogP contribution in [0.15, 0.2) is 6.07 Å². The van der Waals surface area contributed by atoms with Crippen molar-refractivity contribution in [2.45, 2.75) is 45.2 Å². The summed E-state index contributed by atoms with van der Waals surface area (Å²) < 4.78 is 0. The molecule has 6 nitrogen and oxygen atoms in total. The Morgan fingerprint density at radius 3 is 2.68 bits per heavy atom. The lowest BCUT2D eigenvalue weighted by Crippen LogP contribution is -2.40. The molecular weight excluding hydrogens is 242 g/mol. The van der Waals surface area contributed by atoms with E-state index in [0.717, 1.165) is 18.5 Å². The number of nitrogens with two attached hydrogens (primary N) is 2. The van der Waals surface area contributed by atoms with E-state index in [1.54, 1.807) is 6.07 Å². The molecule has 4 N–H and O–H groups in total. The zero-order valence-corrected chi connectivity index (χ0v) is 11.3. The van der Waals surface area contributed by atoms with Crippen LogP contribution in [0.2, 0.25) is 0 Å². The summed E-state index contributed by atoms with van der Waals surface area (Å²) in [5.74, 6) is 0.811. The van der Waals surface area contributed by atoms with Crippen molar-refractivity contribution in [1.29, 1.82) is 0 Å². The quantitative estimate of drug-likeness (QED) is 0.810. The number of carbonyl (C=O) groups is 1. The zero-order valence-electron chi connectivity index (χ0n) is 11.3. The van der Waals surface area contributed by atoms with E-state index in [-0.39, 0.29) is 12.5 Å². The van der Waals surface area contributed by atoms with Gasteiger partial charge in [-0.2, -0.15) is 0 Å². The second-order valence-electron chi connectivity index (χ2n) is 5.16. The summed E-state index contributed by atoms with van der Waals surface area (Å²) in [5.41, 5.74) is 11.9. The van der Waals surface area contributed by atoms with Crippen LogP contribution in [-0.2, 0) is 11.3 Å². The molecule has 0 aromatic carbocycles. The fourth-order valence-corrected chi connectivity index (χ4v) is 2.69. The van der Waals surface area contributed by atoms with E-state index in [9.17, 15) is 4.79 Å². The third kappa shape index (κ3) is 3.89. The molecule has 0 unspecified atom stereocenters. The number of hydrogen-bond acceptors (Lipinski definition) is 5. The van der Waals surface area contributed by atoms with E-state index in [0.29, 0.717) is 24.2 Å². The Morgan fingerprint density at radius 1 is 1.42 bits per heavy atom. The first-order chi connectivity index (χ1) is 9.04. The zero-order chi connectivity index (χ0) is 13.8. The Labute approximate surface area is 113 Å². The van der Waals surface area contributed by atoms with Crippen molar-refractivity contribution in [2.75, 3.05) is 12.3 Å². The number of nitrogens with zero attached hydrogens (tertiary/aromatic N) is 3. The Balaban J connectivity index is 2.11. The number of rotatable bonds is 5. The van der Waals surface area contributed by atoms with Gasteiger partial charge in [-0.1, -0.05) is 12.8 Å². The fraction of sp³-hybridized carbons (Fsp3) is 0.615. The fourth-order valence-electron chi connectivity index (χ4n) is 2.69. The number of carbonyl (C=O) groups excluding carboxylic acids is 1.